The summed E-state index contributed by atoms with van der Waals surface area (Å²) in [7, 11) is 1.46. The second kappa shape index (κ2) is 12.0. The molecule has 2 aromatic carbocycles. The number of imide groups is 1. The molecule has 0 radical (unpaired) electrons. The van der Waals surface area contributed by atoms with Gasteiger partial charge in [0, 0.05) is 16.6 Å². The van der Waals surface area contributed by atoms with E-state index in [0.717, 1.165) is 22.2 Å². The molecule has 0 aromatic heterocycles. The average Bonchev–Trinajstić information content (AvgIpc) is 3.11. The van der Waals surface area contributed by atoms with Crippen LogP contribution in [0.1, 0.15) is 31.4 Å². The van der Waals surface area contributed by atoms with Gasteiger partial charge in [0.1, 0.15) is 13.2 Å². The number of benzene rings is 2. The van der Waals surface area contributed by atoms with Gasteiger partial charge >= 0.3 is 5.97 Å². The molecule has 0 N–H and O–H groups in total. The van der Waals surface area contributed by atoms with Gasteiger partial charge in [-0.15, -0.1) is 0 Å². The summed E-state index contributed by atoms with van der Waals surface area (Å²) in [4.78, 5) is 48.5. The molecule has 1 aliphatic rings. The monoisotopic (exact) mass is 578 g/mol. The lowest BCUT2D eigenvalue weighted by Crippen LogP contribution is -2.35. The lowest BCUT2D eigenvalue weighted by molar-refractivity contribution is -0.384. The summed E-state index contributed by atoms with van der Waals surface area (Å²) in [5, 5.41) is 10.2. The van der Waals surface area contributed by atoms with Crippen LogP contribution < -0.4 is 9.47 Å². The molecule has 2 aromatic rings. The van der Waals surface area contributed by atoms with Gasteiger partial charge in [-0.3, -0.25) is 29.4 Å². The maximum absolute atomic E-state index is 12.8. The number of ether oxygens (including phenoxy) is 3. The number of nitro benzene ring substituents is 1. The highest BCUT2D eigenvalue weighted by atomic mass is 79.9. The molecule has 0 bridgehead atoms. The number of methoxy groups -OCH3 is 1. The van der Waals surface area contributed by atoms with Crippen LogP contribution >= 0.6 is 27.7 Å². The van der Waals surface area contributed by atoms with Crippen LogP contribution in [-0.4, -0.2) is 46.7 Å². The zero-order chi connectivity index (χ0) is 26.4. The van der Waals surface area contributed by atoms with Gasteiger partial charge in [0.15, 0.2) is 11.5 Å². The lowest BCUT2D eigenvalue weighted by Gasteiger charge is -2.15. The first-order chi connectivity index (χ1) is 17.1. The highest BCUT2D eigenvalue weighted by Crippen LogP contribution is 2.38. The number of nitro groups is 1. The molecule has 0 unspecified atom stereocenters. The summed E-state index contributed by atoms with van der Waals surface area (Å²) in [5.74, 6) is -0.454. The first kappa shape index (κ1) is 27.2. The van der Waals surface area contributed by atoms with E-state index in [1.165, 1.54) is 25.3 Å². The van der Waals surface area contributed by atoms with Crippen molar-refractivity contribution < 1.29 is 33.5 Å². The Labute approximate surface area is 219 Å². The standard InChI is InChI=1S/C24H23BrN2O8S/c1-4-14(2)35-22(28)12-26-23(29)21(36-24(26)30)10-16-9-19(33-3)20(11-18(16)25)34-13-15-5-7-17(8-6-15)27(31)32/h5-11,14H,4,12-13H2,1-3H3/b21-10+/t14-/m1/s1. The third-order valence-corrected chi connectivity index (χ3v) is 6.77. The van der Waals surface area contributed by atoms with Crippen LogP contribution in [0.25, 0.3) is 6.08 Å². The van der Waals surface area contributed by atoms with Crippen molar-refractivity contribution in [2.24, 2.45) is 0 Å². The minimum absolute atomic E-state index is 0.0137. The Balaban J connectivity index is 1.74. The Morgan fingerprint density at radius 1 is 1.22 bits per heavy atom. The lowest BCUT2D eigenvalue weighted by atomic mass is 10.1. The first-order valence-corrected chi connectivity index (χ1v) is 12.4. The fraction of sp³-hybridized carbons (Fsp3) is 0.292. The van der Waals surface area contributed by atoms with Crippen LogP contribution in [0.3, 0.4) is 0 Å². The molecule has 3 rings (SSSR count). The van der Waals surface area contributed by atoms with E-state index in [4.69, 9.17) is 14.2 Å². The fourth-order valence-corrected chi connectivity index (χ4v) is 4.33. The van der Waals surface area contributed by atoms with Crippen molar-refractivity contribution in [1.29, 1.82) is 0 Å². The van der Waals surface area contributed by atoms with Crippen LogP contribution in [0.4, 0.5) is 10.5 Å². The molecular formula is C24H23BrN2O8S. The van der Waals surface area contributed by atoms with Crippen LogP contribution in [0.15, 0.2) is 45.8 Å². The van der Waals surface area contributed by atoms with Gasteiger partial charge in [-0.1, -0.05) is 22.9 Å². The van der Waals surface area contributed by atoms with Crippen molar-refractivity contribution in [2.75, 3.05) is 13.7 Å². The molecule has 0 saturated carbocycles. The zero-order valence-electron chi connectivity index (χ0n) is 19.7. The van der Waals surface area contributed by atoms with E-state index < -0.39 is 28.6 Å². The summed E-state index contributed by atoms with van der Waals surface area (Å²) >= 11 is 4.18. The van der Waals surface area contributed by atoms with Crippen molar-refractivity contribution in [3.63, 3.8) is 0 Å². The summed E-state index contributed by atoms with van der Waals surface area (Å²) < 4.78 is 17.0. The Bertz CT molecular complexity index is 1220. The molecule has 10 nitrogen and oxygen atoms in total. The summed E-state index contributed by atoms with van der Waals surface area (Å²) in [6.45, 7) is 3.28. The molecule has 12 heteroatoms. The molecule has 1 heterocycles. The number of carbonyl (C=O) groups excluding carboxylic acids is 3. The number of halogens is 1. The van der Waals surface area contributed by atoms with E-state index in [1.807, 2.05) is 6.92 Å². The van der Waals surface area contributed by atoms with Crippen LogP contribution in [0, 0.1) is 10.1 Å². The quantitative estimate of drug-likeness (QED) is 0.159. The van der Waals surface area contributed by atoms with Crippen molar-refractivity contribution in [2.45, 2.75) is 33.0 Å². The summed E-state index contributed by atoms with van der Waals surface area (Å²) in [5.41, 5.74) is 1.27. The number of rotatable bonds is 10. The predicted octanol–water partition coefficient (Wildman–Crippen LogP) is 5.32. The Kier molecular flexibility index (Phi) is 9.10. The molecule has 1 fully saturated rings. The highest BCUT2D eigenvalue weighted by molar-refractivity contribution is 9.10. The zero-order valence-corrected chi connectivity index (χ0v) is 22.1. The number of hydrogen-bond acceptors (Lipinski definition) is 9. The van der Waals surface area contributed by atoms with E-state index in [1.54, 1.807) is 31.2 Å². The van der Waals surface area contributed by atoms with E-state index in [2.05, 4.69) is 15.9 Å². The van der Waals surface area contributed by atoms with Gasteiger partial charge < -0.3 is 14.2 Å². The second-order valence-electron chi connectivity index (χ2n) is 7.71. The van der Waals surface area contributed by atoms with Crippen LogP contribution in [0.5, 0.6) is 11.5 Å². The van der Waals surface area contributed by atoms with Crippen LogP contribution in [0.2, 0.25) is 0 Å². The van der Waals surface area contributed by atoms with Gasteiger partial charge in [-0.25, -0.2) is 0 Å². The van der Waals surface area contributed by atoms with Gasteiger partial charge in [0.05, 0.1) is 23.0 Å². The Morgan fingerprint density at radius 3 is 2.53 bits per heavy atom. The summed E-state index contributed by atoms with van der Waals surface area (Å²) in [6, 6.07) is 9.29. The van der Waals surface area contributed by atoms with Crippen molar-refractivity contribution in [3.05, 3.63) is 67.0 Å². The van der Waals surface area contributed by atoms with Gasteiger partial charge in [-0.05, 0) is 66.6 Å². The van der Waals surface area contributed by atoms with Crippen molar-refractivity contribution in [1.82, 2.24) is 4.90 Å². The molecule has 1 atom stereocenters. The third-order valence-electron chi connectivity index (χ3n) is 5.18. The minimum atomic E-state index is -0.648. The number of nitrogens with zero attached hydrogens (tertiary/aromatic N) is 2. The third kappa shape index (κ3) is 6.64. The van der Waals surface area contributed by atoms with Gasteiger partial charge in [0.2, 0.25) is 0 Å². The van der Waals surface area contributed by atoms with Gasteiger partial charge in [-0.2, -0.15) is 0 Å². The number of amides is 2. The topological polar surface area (TPSA) is 125 Å². The first-order valence-electron chi connectivity index (χ1n) is 10.8. The molecule has 1 aliphatic heterocycles. The van der Waals surface area contributed by atoms with E-state index in [0.29, 0.717) is 28.0 Å². The molecule has 190 valence electrons. The molecular weight excluding hydrogens is 556 g/mol. The average molecular weight is 579 g/mol. The molecule has 0 spiro atoms. The Hall–Kier alpha value is -3.38. The predicted molar refractivity (Wildman–Crippen MR) is 137 cm³/mol. The van der Waals surface area contributed by atoms with Crippen molar-refractivity contribution >= 4 is 56.6 Å². The van der Waals surface area contributed by atoms with Crippen LogP contribution in [-0.2, 0) is 20.9 Å². The number of hydrogen-bond donors (Lipinski definition) is 0. The van der Waals surface area contributed by atoms with E-state index in [9.17, 15) is 24.5 Å². The SMILES string of the molecule is CC[C@@H](C)OC(=O)CN1C(=O)S/C(=C/c2cc(OC)c(OCc3ccc([N+](=O)[O-])cc3)cc2Br)C1=O. The molecule has 0 aliphatic carbocycles. The Morgan fingerprint density at radius 2 is 1.92 bits per heavy atom. The minimum Gasteiger partial charge on any atom is -0.493 e. The van der Waals surface area contributed by atoms with Crippen molar-refractivity contribution in [3.8, 4) is 11.5 Å². The number of esters is 1. The fourth-order valence-electron chi connectivity index (χ4n) is 3.06. The van der Waals surface area contributed by atoms with E-state index in [-0.39, 0.29) is 23.3 Å². The maximum atomic E-state index is 12.8. The molecule has 1 saturated heterocycles. The number of non-ortho nitro benzene ring substituents is 1. The smallest absolute Gasteiger partial charge is 0.326 e. The number of carbonyl (C=O) groups is 3. The second-order valence-corrected chi connectivity index (χ2v) is 9.56. The normalized spacial score (nSPS) is 15.2. The number of thioether (sulfide) groups is 1. The largest absolute Gasteiger partial charge is 0.493 e. The maximum Gasteiger partial charge on any atom is 0.326 e. The highest BCUT2D eigenvalue weighted by Gasteiger charge is 2.37. The summed E-state index contributed by atoms with van der Waals surface area (Å²) in [6.07, 6.45) is 1.84. The molecule has 36 heavy (non-hydrogen) atoms. The van der Waals surface area contributed by atoms with Gasteiger partial charge in [0.25, 0.3) is 16.8 Å². The molecule has 2 amide bonds. The van der Waals surface area contributed by atoms with E-state index >= 15 is 0 Å².